The molecular weight excluding hydrogens is 775 g/mol. The van der Waals surface area contributed by atoms with Crippen LogP contribution in [0.3, 0.4) is 0 Å². The van der Waals surface area contributed by atoms with Gasteiger partial charge in [-0.3, -0.25) is 4.98 Å². The molecule has 3 aromatic heterocycles. The van der Waals surface area contributed by atoms with Crippen molar-refractivity contribution < 1.29 is 20.1 Å². The van der Waals surface area contributed by atoms with Crippen molar-refractivity contribution in [1.29, 1.82) is 0 Å². The predicted octanol–water partition coefficient (Wildman–Crippen LogP) is 11.3. The van der Waals surface area contributed by atoms with Crippen LogP contribution < -0.4 is 0 Å². The molecular formula is C45H33IrN3-2. The van der Waals surface area contributed by atoms with Crippen LogP contribution in [0.25, 0.3) is 66.8 Å². The third kappa shape index (κ3) is 7.63. The Hall–Kier alpha value is -5.54. The fourth-order valence-electron chi connectivity index (χ4n) is 5.85. The van der Waals surface area contributed by atoms with Gasteiger partial charge in [0, 0.05) is 44.1 Å². The molecule has 0 N–H and O–H groups in total. The Labute approximate surface area is 301 Å². The molecule has 0 amide bonds. The molecule has 0 saturated heterocycles. The van der Waals surface area contributed by atoms with Crippen molar-refractivity contribution in [3.63, 3.8) is 0 Å². The minimum Gasteiger partial charge on any atom is -0.305 e. The largest absolute Gasteiger partial charge is 0.305 e. The Balaban J connectivity index is 0.000000250. The van der Waals surface area contributed by atoms with Crippen LogP contribution >= 0.6 is 0 Å². The fourth-order valence-corrected chi connectivity index (χ4v) is 5.85. The maximum Gasteiger partial charge on any atom is 0.0770 e. The van der Waals surface area contributed by atoms with Crippen LogP contribution in [0, 0.1) is 26.0 Å². The van der Waals surface area contributed by atoms with Crippen molar-refractivity contribution in [2.24, 2.45) is 0 Å². The summed E-state index contributed by atoms with van der Waals surface area (Å²) in [4.78, 5) is 13.7. The van der Waals surface area contributed by atoms with Gasteiger partial charge >= 0.3 is 0 Å². The molecule has 0 aliphatic rings. The van der Waals surface area contributed by atoms with E-state index in [-0.39, 0.29) is 20.1 Å². The van der Waals surface area contributed by atoms with E-state index in [0.29, 0.717) is 0 Å². The number of hydrogen-bond acceptors (Lipinski definition) is 3. The smallest absolute Gasteiger partial charge is 0.0770 e. The molecule has 0 aliphatic heterocycles. The molecule has 0 atom stereocenters. The fraction of sp³-hybridized carbons (Fsp3) is 0.0444. The van der Waals surface area contributed by atoms with E-state index in [9.17, 15) is 0 Å². The second-order valence-electron chi connectivity index (χ2n) is 11.7. The van der Waals surface area contributed by atoms with E-state index in [1.165, 1.54) is 22.3 Å². The van der Waals surface area contributed by atoms with E-state index in [2.05, 4.69) is 121 Å². The molecule has 3 nitrogen and oxygen atoms in total. The molecule has 49 heavy (non-hydrogen) atoms. The Kier molecular flexibility index (Phi) is 10.6. The monoisotopic (exact) mass is 808 g/mol. The zero-order valence-electron chi connectivity index (χ0n) is 27.3. The third-order valence-corrected chi connectivity index (χ3v) is 8.30. The summed E-state index contributed by atoms with van der Waals surface area (Å²) >= 11 is 0. The first-order valence-electron chi connectivity index (χ1n) is 16.0. The van der Waals surface area contributed by atoms with Crippen LogP contribution in [0.15, 0.2) is 164 Å². The average molecular weight is 808 g/mol. The number of aryl methyl sites for hydroxylation is 2. The van der Waals surface area contributed by atoms with Crippen molar-refractivity contribution in [3.05, 3.63) is 187 Å². The number of fused-ring (bicyclic) bond motifs is 1. The third-order valence-electron chi connectivity index (χ3n) is 8.30. The molecule has 0 fully saturated rings. The standard InChI is InChI=1S/C33H23N2.C12H10N.Ir/c1-23-12-14-25(15-13-23)27-18-19-30(33-29(27)10-7-21-35-33)31-22-26(32-11-5-6-20-34-32)16-17-28(31)24-8-3-2-4-9-24;1-10-7-8-13-12(9-10)11-5-3-2-4-6-11;/h2-15,17-22H,1H3;2-5,7-9H,1H3;/q2*-1;. The molecule has 0 bridgehead atoms. The van der Waals surface area contributed by atoms with Crippen LogP contribution in [0.4, 0.5) is 0 Å². The van der Waals surface area contributed by atoms with Gasteiger partial charge < -0.3 is 9.97 Å². The topological polar surface area (TPSA) is 38.7 Å². The van der Waals surface area contributed by atoms with Crippen LogP contribution in [0.2, 0.25) is 0 Å². The minimum absolute atomic E-state index is 0. The van der Waals surface area contributed by atoms with Crippen molar-refractivity contribution in [1.82, 2.24) is 15.0 Å². The van der Waals surface area contributed by atoms with Gasteiger partial charge in [-0.25, -0.2) is 0 Å². The molecule has 5 aromatic carbocycles. The van der Waals surface area contributed by atoms with Gasteiger partial charge in [-0.05, 0) is 60.1 Å². The Morgan fingerprint density at radius 3 is 1.94 bits per heavy atom. The minimum atomic E-state index is 0. The van der Waals surface area contributed by atoms with Gasteiger partial charge in [0.15, 0.2) is 0 Å². The number of hydrogen-bond donors (Lipinski definition) is 0. The summed E-state index contributed by atoms with van der Waals surface area (Å²) in [7, 11) is 0. The van der Waals surface area contributed by atoms with Gasteiger partial charge in [0.25, 0.3) is 0 Å². The van der Waals surface area contributed by atoms with E-state index >= 15 is 0 Å². The maximum absolute atomic E-state index is 4.87. The normalized spacial score (nSPS) is 10.5. The first-order chi connectivity index (χ1) is 23.6. The first kappa shape index (κ1) is 33.4. The second kappa shape index (κ2) is 15.6. The van der Waals surface area contributed by atoms with Crippen molar-refractivity contribution in [2.45, 2.75) is 13.8 Å². The van der Waals surface area contributed by atoms with Gasteiger partial charge in [0.2, 0.25) is 0 Å². The van der Waals surface area contributed by atoms with E-state index in [1.807, 2.05) is 79.3 Å². The van der Waals surface area contributed by atoms with Gasteiger partial charge in [-0.1, -0.05) is 119 Å². The number of nitrogens with zero attached hydrogens (tertiary/aromatic N) is 3. The zero-order valence-corrected chi connectivity index (χ0v) is 29.7. The SMILES string of the molecule is Cc1ccc(-c2ccc(-c3cc(-c4ccccn4)[c-]cc3-c3ccccc3)c3ncccc23)cc1.Cc1ccnc(-c2[c-]cccc2)c1.[Ir]. The number of rotatable bonds is 5. The van der Waals surface area contributed by atoms with Crippen LogP contribution in [0.1, 0.15) is 11.1 Å². The predicted molar refractivity (Wildman–Crippen MR) is 198 cm³/mol. The summed E-state index contributed by atoms with van der Waals surface area (Å²) in [6, 6.07) is 56.5. The molecule has 1 radical (unpaired) electrons. The number of aromatic nitrogens is 3. The molecule has 8 aromatic rings. The summed E-state index contributed by atoms with van der Waals surface area (Å²) in [5, 5.41) is 1.14. The van der Waals surface area contributed by atoms with Crippen LogP contribution in [-0.2, 0) is 20.1 Å². The Morgan fingerprint density at radius 1 is 0.449 bits per heavy atom. The molecule has 3 heterocycles. The molecule has 0 spiro atoms. The van der Waals surface area contributed by atoms with Crippen molar-refractivity contribution in [3.8, 4) is 55.9 Å². The second-order valence-corrected chi connectivity index (χ2v) is 11.7. The van der Waals surface area contributed by atoms with E-state index < -0.39 is 0 Å². The van der Waals surface area contributed by atoms with Gasteiger partial charge in [-0.15, -0.1) is 59.7 Å². The number of pyridine rings is 3. The average Bonchev–Trinajstić information content (AvgIpc) is 3.16. The molecule has 8 rings (SSSR count). The van der Waals surface area contributed by atoms with Crippen LogP contribution in [0.5, 0.6) is 0 Å². The van der Waals surface area contributed by atoms with Gasteiger partial charge in [0.1, 0.15) is 0 Å². The quantitative estimate of drug-likeness (QED) is 0.163. The Bertz CT molecular complexity index is 2290. The van der Waals surface area contributed by atoms with E-state index in [0.717, 1.165) is 55.7 Å². The molecule has 0 unspecified atom stereocenters. The van der Waals surface area contributed by atoms with E-state index in [4.69, 9.17) is 4.98 Å². The first-order valence-corrected chi connectivity index (χ1v) is 16.0. The zero-order chi connectivity index (χ0) is 32.7. The van der Waals surface area contributed by atoms with Gasteiger partial charge in [0.05, 0.1) is 5.52 Å². The molecule has 239 valence electrons. The van der Waals surface area contributed by atoms with Crippen molar-refractivity contribution >= 4 is 10.9 Å². The summed E-state index contributed by atoms with van der Waals surface area (Å²) in [5.41, 5.74) is 14.2. The molecule has 4 heteroatoms. The van der Waals surface area contributed by atoms with Gasteiger partial charge in [-0.2, -0.15) is 0 Å². The number of benzene rings is 5. The molecule has 0 aliphatic carbocycles. The molecule has 0 saturated carbocycles. The van der Waals surface area contributed by atoms with Crippen LogP contribution in [-0.4, -0.2) is 15.0 Å². The summed E-state index contributed by atoms with van der Waals surface area (Å²) in [6.45, 7) is 4.18. The Morgan fingerprint density at radius 2 is 1.18 bits per heavy atom. The van der Waals surface area contributed by atoms with E-state index in [1.54, 1.807) is 0 Å². The summed E-state index contributed by atoms with van der Waals surface area (Å²) in [6.07, 6.45) is 5.52. The summed E-state index contributed by atoms with van der Waals surface area (Å²) < 4.78 is 0. The van der Waals surface area contributed by atoms with Crippen molar-refractivity contribution in [2.75, 3.05) is 0 Å². The maximum atomic E-state index is 4.87. The summed E-state index contributed by atoms with van der Waals surface area (Å²) in [5.74, 6) is 0.